The molecule has 110 valence electrons. The number of hydrogen-bond acceptors (Lipinski definition) is 3. The van der Waals surface area contributed by atoms with E-state index in [1.54, 1.807) is 0 Å². The van der Waals surface area contributed by atoms with E-state index in [1.165, 1.54) is 38.0 Å². The van der Waals surface area contributed by atoms with Gasteiger partial charge in [-0.05, 0) is 31.9 Å². The lowest BCUT2D eigenvalue weighted by Gasteiger charge is -2.45. The first-order chi connectivity index (χ1) is 9.79. The number of benzene rings is 1. The van der Waals surface area contributed by atoms with Crippen LogP contribution in [-0.4, -0.2) is 42.2 Å². The first kappa shape index (κ1) is 13.9. The summed E-state index contributed by atoms with van der Waals surface area (Å²) in [6.45, 7) is 6.69. The zero-order chi connectivity index (χ0) is 13.9. The van der Waals surface area contributed by atoms with Gasteiger partial charge in [0, 0.05) is 36.9 Å². The molecule has 1 N–H and O–H groups in total. The molecule has 1 aromatic rings. The second kappa shape index (κ2) is 6.15. The van der Waals surface area contributed by atoms with E-state index in [1.807, 2.05) is 13.0 Å². The molecular weight excluding hydrogens is 248 g/mol. The molecule has 0 saturated carbocycles. The van der Waals surface area contributed by atoms with Crippen LogP contribution < -0.4 is 4.90 Å². The molecule has 2 heterocycles. The maximum absolute atomic E-state index is 10.2. The van der Waals surface area contributed by atoms with Crippen LogP contribution in [0.1, 0.15) is 44.3 Å². The predicted molar refractivity (Wildman–Crippen MR) is 83.1 cm³/mol. The van der Waals surface area contributed by atoms with E-state index in [0.29, 0.717) is 6.04 Å². The molecule has 2 atom stereocenters. The number of piperazine rings is 1. The van der Waals surface area contributed by atoms with Crippen molar-refractivity contribution in [3.8, 4) is 0 Å². The average Bonchev–Trinajstić information content (AvgIpc) is 2.53. The van der Waals surface area contributed by atoms with E-state index in [9.17, 15) is 5.11 Å². The summed E-state index contributed by atoms with van der Waals surface area (Å²) in [4.78, 5) is 5.14. The first-order valence-corrected chi connectivity index (χ1v) is 8.05. The fourth-order valence-corrected chi connectivity index (χ4v) is 3.65. The van der Waals surface area contributed by atoms with Crippen molar-refractivity contribution in [3.63, 3.8) is 0 Å². The number of nitrogens with zero attached hydrogens (tertiary/aromatic N) is 2. The Hall–Kier alpha value is -1.06. The number of anilines is 1. The maximum atomic E-state index is 10.2. The van der Waals surface area contributed by atoms with Crippen molar-refractivity contribution in [2.45, 2.75) is 44.8 Å². The van der Waals surface area contributed by atoms with Crippen LogP contribution in [0.4, 0.5) is 5.69 Å². The molecule has 0 spiro atoms. The molecule has 3 nitrogen and oxygen atoms in total. The molecule has 2 aliphatic rings. The van der Waals surface area contributed by atoms with Gasteiger partial charge >= 0.3 is 0 Å². The van der Waals surface area contributed by atoms with Crippen LogP contribution in [0, 0.1) is 0 Å². The van der Waals surface area contributed by atoms with Crippen molar-refractivity contribution in [3.05, 3.63) is 29.8 Å². The van der Waals surface area contributed by atoms with Crippen LogP contribution in [-0.2, 0) is 0 Å². The smallest absolute Gasteiger partial charge is 0.0807 e. The summed E-state index contributed by atoms with van der Waals surface area (Å²) in [7, 11) is 0. The Balaban J connectivity index is 1.79. The van der Waals surface area contributed by atoms with Crippen molar-refractivity contribution < 1.29 is 5.11 Å². The molecule has 3 heteroatoms. The Bertz CT molecular complexity index is 448. The Morgan fingerprint density at radius 2 is 2.05 bits per heavy atom. The third kappa shape index (κ3) is 2.70. The quantitative estimate of drug-likeness (QED) is 0.918. The van der Waals surface area contributed by atoms with Gasteiger partial charge in [0.25, 0.3) is 0 Å². The highest BCUT2D eigenvalue weighted by Gasteiger charge is 2.30. The van der Waals surface area contributed by atoms with E-state index in [-0.39, 0.29) is 6.10 Å². The van der Waals surface area contributed by atoms with E-state index in [2.05, 4.69) is 28.0 Å². The van der Waals surface area contributed by atoms with Gasteiger partial charge in [0.05, 0.1) is 6.10 Å². The summed E-state index contributed by atoms with van der Waals surface area (Å²) in [5, 5.41) is 10.2. The third-order valence-electron chi connectivity index (χ3n) is 4.86. The minimum atomic E-state index is -0.337. The normalized spacial score (nSPS) is 25.3. The molecule has 0 aromatic heterocycles. The number of fused-ring (bicyclic) bond motifs is 1. The number of piperidine rings is 1. The Morgan fingerprint density at radius 1 is 1.20 bits per heavy atom. The summed E-state index contributed by atoms with van der Waals surface area (Å²) in [5.74, 6) is 0. The first-order valence-electron chi connectivity index (χ1n) is 8.05. The van der Waals surface area contributed by atoms with Crippen LogP contribution in [0.5, 0.6) is 0 Å². The molecule has 2 aliphatic heterocycles. The third-order valence-corrected chi connectivity index (χ3v) is 4.86. The van der Waals surface area contributed by atoms with E-state index in [4.69, 9.17) is 0 Å². The van der Waals surface area contributed by atoms with Crippen LogP contribution in [0.3, 0.4) is 0 Å². The standard InChI is InChI=1S/C17H26N2O/c1-2-17(20)15-8-3-4-9-16(15)19-12-11-18-10-6-5-7-14(18)13-19/h3-4,8-9,14,17,20H,2,5-7,10-13H2,1H3/t14?,17-/m1/s1. The number of hydrogen-bond donors (Lipinski definition) is 1. The molecule has 2 saturated heterocycles. The number of aliphatic hydroxyl groups is 1. The van der Waals surface area contributed by atoms with Gasteiger partial charge < -0.3 is 10.0 Å². The molecule has 3 rings (SSSR count). The van der Waals surface area contributed by atoms with Crippen molar-refractivity contribution in [1.82, 2.24) is 4.90 Å². The van der Waals surface area contributed by atoms with Gasteiger partial charge in [-0.3, -0.25) is 4.90 Å². The second-order valence-corrected chi connectivity index (χ2v) is 6.11. The van der Waals surface area contributed by atoms with Crippen molar-refractivity contribution in [2.24, 2.45) is 0 Å². The minimum absolute atomic E-state index is 0.337. The van der Waals surface area contributed by atoms with Gasteiger partial charge in [0.1, 0.15) is 0 Å². The fourth-order valence-electron chi connectivity index (χ4n) is 3.65. The molecule has 0 radical (unpaired) electrons. The van der Waals surface area contributed by atoms with Gasteiger partial charge in [0.2, 0.25) is 0 Å². The largest absolute Gasteiger partial charge is 0.388 e. The summed E-state index contributed by atoms with van der Waals surface area (Å²) in [5.41, 5.74) is 2.34. The lowest BCUT2D eigenvalue weighted by Crippen LogP contribution is -2.55. The van der Waals surface area contributed by atoms with E-state index in [0.717, 1.165) is 25.1 Å². The van der Waals surface area contributed by atoms with Gasteiger partial charge in [-0.25, -0.2) is 0 Å². The molecule has 0 aliphatic carbocycles. The highest BCUT2D eigenvalue weighted by atomic mass is 16.3. The second-order valence-electron chi connectivity index (χ2n) is 6.11. The fraction of sp³-hybridized carbons (Fsp3) is 0.647. The Labute approximate surface area is 122 Å². The minimum Gasteiger partial charge on any atom is -0.388 e. The van der Waals surface area contributed by atoms with Gasteiger partial charge in [-0.1, -0.05) is 31.5 Å². The Kier molecular flexibility index (Phi) is 4.27. The van der Waals surface area contributed by atoms with Crippen molar-refractivity contribution in [2.75, 3.05) is 31.1 Å². The summed E-state index contributed by atoms with van der Waals surface area (Å²) < 4.78 is 0. The van der Waals surface area contributed by atoms with Crippen LogP contribution in [0.25, 0.3) is 0 Å². The average molecular weight is 274 g/mol. The highest BCUT2D eigenvalue weighted by molar-refractivity contribution is 5.55. The predicted octanol–water partition coefficient (Wildman–Crippen LogP) is 2.80. The lowest BCUT2D eigenvalue weighted by molar-refractivity contribution is 0.132. The lowest BCUT2D eigenvalue weighted by atomic mass is 9.97. The van der Waals surface area contributed by atoms with E-state index < -0.39 is 0 Å². The number of rotatable bonds is 3. The Morgan fingerprint density at radius 3 is 2.90 bits per heavy atom. The highest BCUT2D eigenvalue weighted by Crippen LogP contribution is 2.31. The van der Waals surface area contributed by atoms with Crippen LogP contribution in [0.15, 0.2) is 24.3 Å². The molecule has 1 aromatic carbocycles. The summed E-state index contributed by atoms with van der Waals surface area (Å²) in [6.07, 6.45) is 4.50. The SMILES string of the molecule is CC[C@@H](O)c1ccccc1N1CCN2CCCCC2C1. The molecule has 1 unspecified atom stereocenters. The van der Waals surface area contributed by atoms with Crippen LogP contribution >= 0.6 is 0 Å². The summed E-state index contributed by atoms with van der Waals surface area (Å²) in [6, 6.07) is 9.09. The topological polar surface area (TPSA) is 26.7 Å². The van der Waals surface area contributed by atoms with Crippen molar-refractivity contribution in [1.29, 1.82) is 0 Å². The molecule has 20 heavy (non-hydrogen) atoms. The monoisotopic (exact) mass is 274 g/mol. The van der Waals surface area contributed by atoms with Crippen molar-refractivity contribution >= 4 is 5.69 Å². The zero-order valence-electron chi connectivity index (χ0n) is 12.5. The van der Waals surface area contributed by atoms with Gasteiger partial charge in [0.15, 0.2) is 0 Å². The van der Waals surface area contributed by atoms with E-state index >= 15 is 0 Å². The number of para-hydroxylation sites is 1. The summed E-state index contributed by atoms with van der Waals surface area (Å²) >= 11 is 0. The maximum Gasteiger partial charge on any atom is 0.0807 e. The molecule has 0 bridgehead atoms. The molecular formula is C17H26N2O. The zero-order valence-corrected chi connectivity index (χ0v) is 12.5. The van der Waals surface area contributed by atoms with Gasteiger partial charge in [-0.2, -0.15) is 0 Å². The molecule has 0 amide bonds. The van der Waals surface area contributed by atoms with Gasteiger partial charge in [-0.15, -0.1) is 0 Å². The number of aliphatic hydroxyl groups excluding tert-OH is 1. The molecule has 2 fully saturated rings. The van der Waals surface area contributed by atoms with Crippen LogP contribution in [0.2, 0.25) is 0 Å².